The maximum absolute atomic E-state index is 12.2. The predicted octanol–water partition coefficient (Wildman–Crippen LogP) is 4.09. The normalized spacial score (nSPS) is 11.5. The molecule has 0 saturated heterocycles. The predicted molar refractivity (Wildman–Crippen MR) is 93.1 cm³/mol. The van der Waals surface area contributed by atoms with Gasteiger partial charge in [0.25, 0.3) is 11.6 Å². The zero-order valence-electron chi connectivity index (χ0n) is 12.9. The summed E-state index contributed by atoms with van der Waals surface area (Å²) < 4.78 is 5.00. The van der Waals surface area contributed by atoms with Crippen LogP contribution in [-0.2, 0) is 9.53 Å². The van der Waals surface area contributed by atoms with Gasteiger partial charge in [0.2, 0.25) is 0 Å². The monoisotopic (exact) mass is 382 g/mol. The minimum Gasteiger partial charge on any atom is -0.449 e. The highest BCUT2D eigenvalue weighted by atomic mass is 35.5. The van der Waals surface area contributed by atoms with Crippen molar-refractivity contribution in [3.05, 3.63) is 68.2 Å². The summed E-state index contributed by atoms with van der Waals surface area (Å²) in [7, 11) is 0. The summed E-state index contributed by atoms with van der Waals surface area (Å²) >= 11 is 11.7. The number of carbonyl (C=O) groups is 2. The average Bonchev–Trinajstić information content (AvgIpc) is 2.56. The van der Waals surface area contributed by atoms with Gasteiger partial charge in [0.1, 0.15) is 5.56 Å². The Hall–Kier alpha value is -2.64. The highest BCUT2D eigenvalue weighted by molar-refractivity contribution is 6.33. The van der Waals surface area contributed by atoms with E-state index in [1.807, 2.05) is 0 Å². The zero-order chi connectivity index (χ0) is 18.6. The van der Waals surface area contributed by atoms with E-state index < -0.39 is 28.6 Å². The number of carbonyl (C=O) groups excluding carboxylic acids is 2. The van der Waals surface area contributed by atoms with Crippen molar-refractivity contribution in [3.8, 4) is 0 Å². The number of nitro groups is 1. The SMILES string of the molecule is CC(OC(=O)c1cc(Cl)ccc1[N+](=O)[O-])C(=O)Nc1ccccc1Cl. The topological polar surface area (TPSA) is 98.5 Å². The van der Waals surface area contributed by atoms with E-state index in [2.05, 4.69) is 5.32 Å². The minimum atomic E-state index is -1.21. The molecule has 0 fully saturated rings. The number of rotatable bonds is 5. The molecular weight excluding hydrogens is 371 g/mol. The van der Waals surface area contributed by atoms with E-state index >= 15 is 0 Å². The first-order chi connectivity index (χ1) is 11.8. The molecule has 7 nitrogen and oxygen atoms in total. The van der Waals surface area contributed by atoms with Gasteiger partial charge >= 0.3 is 5.97 Å². The first-order valence-corrected chi connectivity index (χ1v) is 7.75. The van der Waals surface area contributed by atoms with Gasteiger partial charge in [-0.2, -0.15) is 0 Å². The Morgan fingerprint density at radius 2 is 1.88 bits per heavy atom. The lowest BCUT2D eigenvalue weighted by molar-refractivity contribution is -0.385. The third kappa shape index (κ3) is 4.68. The Labute approximate surface area is 152 Å². The van der Waals surface area contributed by atoms with Crippen LogP contribution in [0.2, 0.25) is 10.0 Å². The Balaban J connectivity index is 2.12. The second-order valence-electron chi connectivity index (χ2n) is 4.94. The van der Waals surface area contributed by atoms with Gasteiger partial charge in [-0.05, 0) is 31.2 Å². The number of anilines is 1. The molecule has 0 aromatic heterocycles. The van der Waals surface area contributed by atoms with Crippen LogP contribution in [0.15, 0.2) is 42.5 Å². The van der Waals surface area contributed by atoms with Crippen molar-refractivity contribution < 1.29 is 19.2 Å². The second kappa shape index (κ2) is 7.96. The molecule has 0 aliphatic carbocycles. The maximum Gasteiger partial charge on any atom is 0.345 e. The number of nitro benzene ring substituents is 1. The fourth-order valence-electron chi connectivity index (χ4n) is 1.91. The Bertz CT molecular complexity index is 841. The average molecular weight is 383 g/mol. The van der Waals surface area contributed by atoms with Crippen LogP contribution in [0, 0.1) is 10.1 Å². The van der Waals surface area contributed by atoms with Gasteiger partial charge in [-0.1, -0.05) is 35.3 Å². The molecular formula is C16H12Cl2N2O5. The quantitative estimate of drug-likeness (QED) is 0.477. The highest BCUT2D eigenvalue weighted by Crippen LogP contribution is 2.24. The Morgan fingerprint density at radius 3 is 2.52 bits per heavy atom. The van der Waals surface area contributed by atoms with Gasteiger partial charge in [0.05, 0.1) is 15.6 Å². The van der Waals surface area contributed by atoms with Crippen LogP contribution in [0.3, 0.4) is 0 Å². The first-order valence-electron chi connectivity index (χ1n) is 7.00. The lowest BCUT2D eigenvalue weighted by Crippen LogP contribution is -2.30. The van der Waals surface area contributed by atoms with Crippen LogP contribution in [-0.4, -0.2) is 22.9 Å². The fraction of sp³-hybridized carbons (Fsp3) is 0.125. The number of esters is 1. The van der Waals surface area contributed by atoms with Crippen molar-refractivity contribution in [1.29, 1.82) is 0 Å². The van der Waals surface area contributed by atoms with Gasteiger partial charge in [0.15, 0.2) is 6.10 Å². The van der Waals surface area contributed by atoms with E-state index in [0.717, 1.165) is 12.1 Å². The lowest BCUT2D eigenvalue weighted by Gasteiger charge is -2.14. The van der Waals surface area contributed by atoms with Crippen LogP contribution in [0.25, 0.3) is 0 Å². The molecule has 1 atom stereocenters. The molecule has 2 aromatic carbocycles. The summed E-state index contributed by atoms with van der Waals surface area (Å²) in [6.07, 6.45) is -1.21. The van der Waals surface area contributed by atoms with Crippen LogP contribution in [0.4, 0.5) is 11.4 Å². The molecule has 0 spiro atoms. The third-order valence-electron chi connectivity index (χ3n) is 3.16. The lowest BCUT2D eigenvalue weighted by atomic mass is 10.2. The smallest absolute Gasteiger partial charge is 0.345 e. The van der Waals surface area contributed by atoms with E-state index in [1.54, 1.807) is 24.3 Å². The van der Waals surface area contributed by atoms with E-state index in [4.69, 9.17) is 27.9 Å². The molecule has 0 bridgehead atoms. The number of ether oxygens (including phenoxy) is 1. The van der Waals surface area contributed by atoms with Crippen molar-refractivity contribution in [1.82, 2.24) is 0 Å². The summed E-state index contributed by atoms with van der Waals surface area (Å²) in [4.78, 5) is 34.5. The Morgan fingerprint density at radius 1 is 1.20 bits per heavy atom. The van der Waals surface area contributed by atoms with E-state index in [9.17, 15) is 19.7 Å². The third-order valence-corrected chi connectivity index (χ3v) is 3.72. The molecule has 0 saturated carbocycles. The summed E-state index contributed by atoms with van der Waals surface area (Å²) in [5, 5.41) is 14.0. The maximum atomic E-state index is 12.2. The molecule has 130 valence electrons. The molecule has 1 N–H and O–H groups in total. The van der Waals surface area contributed by atoms with Crippen LogP contribution in [0.5, 0.6) is 0 Å². The van der Waals surface area contributed by atoms with Crippen molar-refractivity contribution in [2.45, 2.75) is 13.0 Å². The highest BCUT2D eigenvalue weighted by Gasteiger charge is 2.26. The summed E-state index contributed by atoms with van der Waals surface area (Å²) in [6, 6.07) is 10.0. The van der Waals surface area contributed by atoms with E-state index in [-0.39, 0.29) is 10.6 Å². The molecule has 2 rings (SSSR count). The van der Waals surface area contributed by atoms with Crippen molar-refractivity contribution in [3.63, 3.8) is 0 Å². The standard InChI is InChI=1S/C16H12Cl2N2O5/c1-9(15(21)19-13-5-3-2-4-12(13)18)25-16(22)11-8-10(17)6-7-14(11)20(23)24/h2-9H,1H3,(H,19,21). The summed E-state index contributed by atoms with van der Waals surface area (Å²) in [5.41, 5.74) is -0.450. The fourth-order valence-corrected chi connectivity index (χ4v) is 2.26. The van der Waals surface area contributed by atoms with Gasteiger partial charge in [-0.25, -0.2) is 4.79 Å². The van der Waals surface area contributed by atoms with Crippen LogP contribution >= 0.6 is 23.2 Å². The number of amides is 1. The molecule has 0 aliphatic rings. The zero-order valence-corrected chi connectivity index (χ0v) is 14.4. The largest absolute Gasteiger partial charge is 0.449 e. The van der Waals surface area contributed by atoms with Gasteiger partial charge in [-0.3, -0.25) is 14.9 Å². The van der Waals surface area contributed by atoms with E-state index in [1.165, 1.54) is 13.0 Å². The number of benzene rings is 2. The second-order valence-corrected chi connectivity index (χ2v) is 5.78. The van der Waals surface area contributed by atoms with Crippen molar-refractivity contribution >= 4 is 46.5 Å². The summed E-state index contributed by atoms with van der Waals surface area (Å²) in [6.45, 7) is 1.33. The van der Waals surface area contributed by atoms with E-state index in [0.29, 0.717) is 10.7 Å². The van der Waals surface area contributed by atoms with Gasteiger partial charge in [0, 0.05) is 11.1 Å². The number of hydrogen-bond acceptors (Lipinski definition) is 5. The van der Waals surface area contributed by atoms with Crippen LogP contribution < -0.4 is 5.32 Å². The minimum absolute atomic E-state index is 0.130. The number of hydrogen-bond donors (Lipinski definition) is 1. The number of halogens is 2. The molecule has 1 unspecified atom stereocenters. The molecule has 0 heterocycles. The first kappa shape index (κ1) is 18.7. The number of nitrogens with zero attached hydrogens (tertiary/aromatic N) is 1. The van der Waals surface area contributed by atoms with Gasteiger partial charge in [-0.15, -0.1) is 0 Å². The van der Waals surface area contributed by atoms with Crippen LogP contribution in [0.1, 0.15) is 17.3 Å². The molecule has 1 amide bonds. The molecule has 0 radical (unpaired) electrons. The van der Waals surface area contributed by atoms with Gasteiger partial charge < -0.3 is 10.1 Å². The Kier molecular flexibility index (Phi) is 5.95. The van der Waals surface area contributed by atoms with Crippen molar-refractivity contribution in [2.24, 2.45) is 0 Å². The molecule has 2 aromatic rings. The molecule has 25 heavy (non-hydrogen) atoms. The number of nitrogens with one attached hydrogen (secondary N) is 1. The number of para-hydroxylation sites is 1. The molecule has 0 aliphatic heterocycles. The summed E-state index contributed by atoms with van der Waals surface area (Å²) in [5.74, 6) is -1.66. The van der Waals surface area contributed by atoms with Crippen molar-refractivity contribution in [2.75, 3.05) is 5.32 Å². The molecule has 9 heteroatoms.